The van der Waals surface area contributed by atoms with Crippen LogP contribution in [0.1, 0.15) is 19.3 Å². The van der Waals surface area contributed by atoms with E-state index in [0.717, 1.165) is 12.0 Å². The molecule has 0 radical (unpaired) electrons. The minimum atomic E-state index is -0.944. The van der Waals surface area contributed by atoms with Gasteiger partial charge in [-0.15, -0.1) is 5.10 Å². The molecule has 2 aromatic rings. The van der Waals surface area contributed by atoms with E-state index >= 15 is 0 Å². The zero-order valence-electron chi connectivity index (χ0n) is 8.91. The molecular weight excluding hydrogens is 240 g/mol. The van der Waals surface area contributed by atoms with Crippen LogP contribution in [0.15, 0.2) is 16.8 Å². The van der Waals surface area contributed by atoms with Crippen LogP contribution in [-0.4, -0.2) is 31.3 Å². The van der Waals surface area contributed by atoms with Crippen LogP contribution in [0.3, 0.4) is 0 Å². The van der Waals surface area contributed by atoms with Gasteiger partial charge in [-0.2, -0.15) is 11.3 Å². The average Bonchev–Trinajstić information content (AvgIpc) is 2.82. The maximum Gasteiger partial charge on any atom is 0.331 e. The van der Waals surface area contributed by atoms with Crippen LogP contribution in [0.25, 0.3) is 11.4 Å². The topological polar surface area (TPSA) is 80.9 Å². The van der Waals surface area contributed by atoms with Crippen LogP contribution in [0.2, 0.25) is 0 Å². The Bertz CT molecular complexity index is 544. The number of hydrogen-bond acceptors (Lipinski definition) is 5. The molecule has 0 atom stereocenters. The monoisotopic (exact) mass is 250 g/mol. The second-order valence-electron chi connectivity index (χ2n) is 4.12. The Labute approximate surface area is 101 Å². The molecule has 0 aromatic carbocycles. The number of carbonyl (C=O) groups is 1. The molecule has 2 heterocycles. The summed E-state index contributed by atoms with van der Waals surface area (Å²) in [7, 11) is 0. The van der Waals surface area contributed by atoms with Crippen LogP contribution >= 0.6 is 11.3 Å². The van der Waals surface area contributed by atoms with Crippen molar-refractivity contribution in [3.63, 3.8) is 0 Å². The molecule has 0 amide bonds. The van der Waals surface area contributed by atoms with Gasteiger partial charge in [0.15, 0.2) is 11.4 Å². The number of rotatable bonds is 3. The van der Waals surface area contributed by atoms with E-state index in [0.29, 0.717) is 18.7 Å². The van der Waals surface area contributed by atoms with Gasteiger partial charge in [0.05, 0.1) is 0 Å². The first kappa shape index (κ1) is 10.4. The van der Waals surface area contributed by atoms with E-state index in [-0.39, 0.29) is 0 Å². The van der Waals surface area contributed by atoms with Gasteiger partial charge in [-0.05, 0) is 41.1 Å². The Hall–Kier alpha value is -1.76. The van der Waals surface area contributed by atoms with E-state index < -0.39 is 11.5 Å². The molecule has 0 unspecified atom stereocenters. The van der Waals surface area contributed by atoms with Crippen molar-refractivity contribution >= 4 is 17.3 Å². The van der Waals surface area contributed by atoms with Gasteiger partial charge in [-0.1, -0.05) is 0 Å². The lowest BCUT2D eigenvalue weighted by atomic mass is 9.77. The Morgan fingerprint density at radius 2 is 2.35 bits per heavy atom. The lowest BCUT2D eigenvalue weighted by molar-refractivity contribution is -0.153. The fourth-order valence-corrected chi connectivity index (χ4v) is 2.71. The molecule has 0 bridgehead atoms. The first-order valence-corrected chi connectivity index (χ1v) is 6.23. The summed E-state index contributed by atoms with van der Waals surface area (Å²) < 4.78 is 1.46. The average molecular weight is 250 g/mol. The maximum absolute atomic E-state index is 11.4. The highest BCUT2D eigenvalue weighted by Gasteiger charge is 2.49. The molecule has 1 N–H and O–H groups in total. The van der Waals surface area contributed by atoms with Gasteiger partial charge >= 0.3 is 5.97 Å². The van der Waals surface area contributed by atoms with Gasteiger partial charge in [-0.25, -0.2) is 9.48 Å². The first-order valence-electron chi connectivity index (χ1n) is 5.29. The molecule has 1 aliphatic carbocycles. The quantitative estimate of drug-likeness (QED) is 0.889. The molecule has 1 aliphatic rings. The van der Waals surface area contributed by atoms with Gasteiger partial charge in [-0.3, -0.25) is 0 Å². The fraction of sp³-hybridized carbons (Fsp3) is 0.400. The van der Waals surface area contributed by atoms with E-state index in [1.165, 1.54) is 16.0 Å². The first-order chi connectivity index (χ1) is 8.24. The fourth-order valence-electron chi connectivity index (χ4n) is 2.08. The zero-order valence-corrected chi connectivity index (χ0v) is 9.72. The summed E-state index contributed by atoms with van der Waals surface area (Å²) in [4.78, 5) is 11.4. The van der Waals surface area contributed by atoms with Crippen LogP contribution in [-0.2, 0) is 10.3 Å². The molecule has 1 fully saturated rings. The smallest absolute Gasteiger partial charge is 0.331 e. The molecule has 88 valence electrons. The lowest BCUT2D eigenvalue weighted by Crippen LogP contribution is -2.48. The van der Waals surface area contributed by atoms with Gasteiger partial charge in [0.2, 0.25) is 0 Å². The number of aliphatic carboxylic acids is 1. The van der Waals surface area contributed by atoms with Crippen LogP contribution in [0.4, 0.5) is 0 Å². The Kier molecular flexibility index (Phi) is 2.22. The highest BCUT2D eigenvalue weighted by molar-refractivity contribution is 7.08. The lowest BCUT2D eigenvalue weighted by Gasteiger charge is -2.37. The minimum Gasteiger partial charge on any atom is -0.479 e. The van der Waals surface area contributed by atoms with Crippen molar-refractivity contribution in [1.82, 2.24) is 20.2 Å². The molecule has 0 saturated heterocycles. The third-order valence-corrected chi connectivity index (χ3v) is 3.92. The summed E-state index contributed by atoms with van der Waals surface area (Å²) in [6, 6.07) is 1.89. The standard InChI is InChI=1S/C10H10N4O2S/c15-9(16)10(3-1-4-10)14-8(11-12-13-14)7-2-5-17-6-7/h2,5-6H,1,3-4H2,(H,15,16). The minimum absolute atomic E-state index is 0.536. The van der Waals surface area contributed by atoms with Crippen molar-refractivity contribution in [3.8, 4) is 11.4 Å². The normalized spacial score (nSPS) is 17.6. The Morgan fingerprint density at radius 3 is 2.88 bits per heavy atom. The third-order valence-electron chi connectivity index (χ3n) is 3.23. The predicted octanol–water partition coefficient (Wildman–Crippen LogP) is 1.37. The van der Waals surface area contributed by atoms with Crippen molar-refractivity contribution in [2.75, 3.05) is 0 Å². The summed E-state index contributed by atoms with van der Waals surface area (Å²) in [5.74, 6) is -0.319. The van der Waals surface area contributed by atoms with E-state index in [4.69, 9.17) is 0 Å². The number of nitrogens with zero attached hydrogens (tertiary/aromatic N) is 4. The number of carboxylic acid groups (broad SMARTS) is 1. The number of carboxylic acids is 1. The summed E-state index contributed by atoms with van der Waals surface area (Å²) >= 11 is 1.53. The van der Waals surface area contributed by atoms with Gasteiger partial charge < -0.3 is 5.11 Å². The van der Waals surface area contributed by atoms with E-state index in [2.05, 4.69) is 15.5 Å². The second-order valence-corrected chi connectivity index (χ2v) is 4.90. The molecular formula is C10H10N4O2S. The highest BCUT2D eigenvalue weighted by Crippen LogP contribution is 2.40. The van der Waals surface area contributed by atoms with Crippen molar-refractivity contribution in [1.29, 1.82) is 0 Å². The molecule has 17 heavy (non-hydrogen) atoms. The van der Waals surface area contributed by atoms with Gasteiger partial charge in [0.1, 0.15) is 0 Å². The number of aromatic nitrogens is 4. The van der Waals surface area contributed by atoms with E-state index in [1.807, 2.05) is 16.8 Å². The molecule has 7 heteroatoms. The molecule has 6 nitrogen and oxygen atoms in total. The third kappa shape index (κ3) is 1.39. The van der Waals surface area contributed by atoms with Crippen molar-refractivity contribution in [2.24, 2.45) is 0 Å². The molecule has 1 saturated carbocycles. The molecule has 0 aliphatic heterocycles. The summed E-state index contributed by atoms with van der Waals surface area (Å²) in [5.41, 5.74) is -0.0756. The van der Waals surface area contributed by atoms with Crippen molar-refractivity contribution < 1.29 is 9.90 Å². The van der Waals surface area contributed by atoms with Crippen molar-refractivity contribution in [2.45, 2.75) is 24.8 Å². The number of tetrazole rings is 1. The van der Waals surface area contributed by atoms with E-state index in [1.54, 1.807) is 0 Å². The zero-order chi connectivity index (χ0) is 11.9. The number of thiophene rings is 1. The molecule has 3 rings (SSSR count). The Morgan fingerprint density at radius 1 is 1.53 bits per heavy atom. The highest BCUT2D eigenvalue weighted by atomic mass is 32.1. The Balaban J connectivity index is 2.10. The SMILES string of the molecule is O=C(O)C1(n2nnnc2-c2ccsc2)CCC1. The molecule has 0 spiro atoms. The molecule has 2 aromatic heterocycles. The van der Waals surface area contributed by atoms with Gasteiger partial charge in [0, 0.05) is 10.9 Å². The van der Waals surface area contributed by atoms with E-state index in [9.17, 15) is 9.90 Å². The predicted molar refractivity (Wildman–Crippen MR) is 60.6 cm³/mol. The van der Waals surface area contributed by atoms with Gasteiger partial charge in [0.25, 0.3) is 0 Å². The second kappa shape index (κ2) is 3.63. The van der Waals surface area contributed by atoms with Crippen molar-refractivity contribution in [3.05, 3.63) is 16.8 Å². The summed E-state index contributed by atoms with van der Waals surface area (Å²) in [6.07, 6.45) is 2.07. The van der Waals surface area contributed by atoms with Crippen LogP contribution in [0.5, 0.6) is 0 Å². The summed E-state index contributed by atoms with van der Waals surface area (Å²) in [6.45, 7) is 0. The van der Waals surface area contributed by atoms with Crippen LogP contribution in [0, 0.1) is 0 Å². The summed E-state index contributed by atoms with van der Waals surface area (Å²) in [5, 5.41) is 24.6. The largest absolute Gasteiger partial charge is 0.479 e. The maximum atomic E-state index is 11.4. The number of hydrogen-bond donors (Lipinski definition) is 1. The van der Waals surface area contributed by atoms with Crippen LogP contribution < -0.4 is 0 Å².